The van der Waals surface area contributed by atoms with Crippen LogP contribution in [-0.4, -0.2) is 40.9 Å². The lowest BCUT2D eigenvalue weighted by molar-refractivity contribution is -0.127. The molecule has 1 saturated heterocycles. The fourth-order valence-corrected chi connectivity index (χ4v) is 3.46. The maximum Gasteiger partial charge on any atom is 0.239 e. The van der Waals surface area contributed by atoms with E-state index in [2.05, 4.69) is 21.2 Å². The fraction of sp³-hybridized carbons (Fsp3) is 0.412. The molecule has 0 aliphatic carbocycles. The molecule has 23 heavy (non-hydrogen) atoms. The lowest BCUT2D eigenvalue weighted by Crippen LogP contribution is -2.32. The van der Waals surface area contributed by atoms with Gasteiger partial charge in [-0.15, -0.1) is 0 Å². The number of amides is 2. The van der Waals surface area contributed by atoms with Crippen molar-refractivity contribution in [1.82, 2.24) is 14.8 Å². The van der Waals surface area contributed by atoms with Crippen molar-refractivity contribution < 1.29 is 9.59 Å². The van der Waals surface area contributed by atoms with Crippen LogP contribution in [0, 0.1) is 0 Å². The van der Waals surface area contributed by atoms with Gasteiger partial charge in [-0.05, 0) is 31.0 Å². The number of carbonyl (C=O) groups is 2. The van der Waals surface area contributed by atoms with E-state index in [1.165, 1.54) is 0 Å². The number of carbonyl (C=O) groups excluding carboxylic acids is 2. The zero-order chi connectivity index (χ0) is 16.2. The molecule has 1 fully saturated rings. The second-order valence-corrected chi connectivity index (χ2v) is 6.66. The minimum Gasteiger partial charge on any atom is -0.354 e. The Hall–Kier alpha value is -1.82. The summed E-state index contributed by atoms with van der Waals surface area (Å²) in [6.45, 7) is 2.50. The fourth-order valence-electron chi connectivity index (χ4n) is 2.97. The summed E-state index contributed by atoms with van der Waals surface area (Å²) in [6, 6.07) is 7.97. The Labute approximate surface area is 143 Å². The van der Waals surface area contributed by atoms with E-state index in [1.807, 2.05) is 39.9 Å². The molecule has 1 aromatic carbocycles. The second-order valence-electron chi connectivity index (χ2n) is 5.80. The normalized spacial score (nSPS) is 14.7. The van der Waals surface area contributed by atoms with Crippen LogP contribution < -0.4 is 5.32 Å². The SMILES string of the molecule is O=C(Cn1ccc2c(Br)cccc21)NCCCN1CCCC1=O. The molecule has 6 heteroatoms. The molecular weight excluding hydrogens is 358 g/mol. The molecule has 2 heterocycles. The van der Waals surface area contributed by atoms with Crippen molar-refractivity contribution in [1.29, 1.82) is 0 Å². The number of fused-ring (bicyclic) bond motifs is 1. The molecule has 5 nitrogen and oxygen atoms in total. The number of benzene rings is 1. The van der Waals surface area contributed by atoms with Gasteiger partial charge in [0.25, 0.3) is 0 Å². The van der Waals surface area contributed by atoms with Gasteiger partial charge in [0.05, 0.1) is 0 Å². The highest BCUT2D eigenvalue weighted by molar-refractivity contribution is 9.10. The van der Waals surface area contributed by atoms with Crippen molar-refractivity contribution in [2.45, 2.75) is 25.8 Å². The first-order valence-corrected chi connectivity index (χ1v) is 8.72. The largest absolute Gasteiger partial charge is 0.354 e. The van der Waals surface area contributed by atoms with Gasteiger partial charge in [0.2, 0.25) is 11.8 Å². The molecule has 0 bridgehead atoms. The highest BCUT2D eigenvalue weighted by Crippen LogP contribution is 2.24. The molecule has 1 N–H and O–H groups in total. The lowest BCUT2D eigenvalue weighted by Gasteiger charge is -2.15. The molecule has 122 valence electrons. The standard InChI is InChI=1S/C17H20BrN3O2/c18-14-4-1-5-15-13(14)7-11-21(15)12-16(22)19-8-3-10-20-9-2-6-17(20)23/h1,4-5,7,11H,2-3,6,8-10,12H2,(H,19,22). The average Bonchev–Trinajstić information content (AvgIpc) is 3.12. The molecule has 0 unspecified atom stereocenters. The van der Waals surface area contributed by atoms with Crippen molar-refractivity contribution >= 4 is 38.6 Å². The summed E-state index contributed by atoms with van der Waals surface area (Å²) in [6.07, 6.45) is 4.36. The summed E-state index contributed by atoms with van der Waals surface area (Å²) in [7, 11) is 0. The number of hydrogen-bond donors (Lipinski definition) is 1. The first-order valence-electron chi connectivity index (χ1n) is 7.93. The van der Waals surface area contributed by atoms with Crippen LogP contribution in [0.5, 0.6) is 0 Å². The first-order chi connectivity index (χ1) is 11.1. The number of halogens is 1. The van der Waals surface area contributed by atoms with Crippen LogP contribution in [0.3, 0.4) is 0 Å². The van der Waals surface area contributed by atoms with Crippen molar-refractivity contribution in [3.05, 3.63) is 34.9 Å². The maximum absolute atomic E-state index is 12.1. The first kappa shape index (κ1) is 16.1. The molecule has 2 amide bonds. The molecule has 0 saturated carbocycles. The summed E-state index contributed by atoms with van der Waals surface area (Å²) in [5.41, 5.74) is 1.04. The molecule has 0 atom stereocenters. The second kappa shape index (κ2) is 7.17. The van der Waals surface area contributed by atoms with Crippen molar-refractivity contribution in [2.75, 3.05) is 19.6 Å². The number of likely N-dealkylation sites (tertiary alicyclic amines) is 1. The zero-order valence-corrected chi connectivity index (χ0v) is 14.5. The van der Waals surface area contributed by atoms with Gasteiger partial charge in [0.1, 0.15) is 6.54 Å². The number of hydrogen-bond acceptors (Lipinski definition) is 2. The van der Waals surface area contributed by atoms with Crippen molar-refractivity contribution in [3.8, 4) is 0 Å². The van der Waals surface area contributed by atoms with Gasteiger partial charge >= 0.3 is 0 Å². The quantitative estimate of drug-likeness (QED) is 0.786. The predicted molar refractivity (Wildman–Crippen MR) is 93.1 cm³/mol. The Bertz CT molecular complexity index is 726. The van der Waals surface area contributed by atoms with Crippen LogP contribution in [-0.2, 0) is 16.1 Å². The molecular formula is C17H20BrN3O2. The van der Waals surface area contributed by atoms with Crippen molar-refractivity contribution in [3.63, 3.8) is 0 Å². The van der Waals surface area contributed by atoms with Gasteiger partial charge in [0.15, 0.2) is 0 Å². The minimum atomic E-state index is -0.00442. The van der Waals surface area contributed by atoms with Crippen LogP contribution in [0.4, 0.5) is 0 Å². The smallest absolute Gasteiger partial charge is 0.239 e. The Balaban J connectivity index is 1.47. The summed E-state index contributed by atoms with van der Waals surface area (Å²) in [4.78, 5) is 25.5. The zero-order valence-electron chi connectivity index (χ0n) is 12.9. The third-order valence-electron chi connectivity index (χ3n) is 4.17. The lowest BCUT2D eigenvalue weighted by atomic mass is 10.2. The van der Waals surface area contributed by atoms with E-state index in [1.54, 1.807) is 0 Å². The van der Waals surface area contributed by atoms with Gasteiger partial charge in [0, 0.05) is 47.6 Å². The van der Waals surface area contributed by atoms with E-state index in [0.717, 1.165) is 41.3 Å². The monoisotopic (exact) mass is 377 g/mol. The molecule has 3 rings (SSSR count). The van der Waals surface area contributed by atoms with Crippen LogP contribution >= 0.6 is 15.9 Å². The maximum atomic E-state index is 12.1. The molecule has 0 radical (unpaired) electrons. The summed E-state index contributed by atoms with van der Waals surface area (Å²) in [5, 5.41) is 4.03. The van der Waals surface area contributed by atoms with Gasteiger partial charge in [-0.3, -0.25) is 9.59 Å². The van der Waals surface area contributed by atoms with E-state index < -0.39 is 0 Å². The molecule has 1 aliphatic heterocycles. The number of rotatable bonds is 6. The Morgan fingerprint density at radius 1 is 1.30 bits per heavy atom. The van der Waals surface area contributed by atoms with Crippen LogP contribution in [0.1, 0.15) is 19.3 Å². The van der Waals surface area contributed by atoms with Crippen molar-refractivity contribution in [2.24, 2.45) is 0 Å². The highest BCUT2D eigenvalue weighted by Gasteiger charge is 2.19. The summed E-state index contributed by atoms with van der Waals surface area (Å²) < 4.78 is 2.98. The number of aromatic nitrogens is 1. The third-order valence-corrected chi connectivity index (χ3v) is 4.86. The Morgan fingerprint density at radius 3 is 2.96 bits per heavy atom. The Morgan fingerprint density at radius 2 is 2.17 bits per heavy atom. The molecule has 0 spiro atoms. The van der Waals surface area contributed by atoms with Gasteiger partial charge in [-0.2, -0.15) is 0 Å². The molecule has 2 aromatic rings. The molecule has 1 aromatic heterocycles. The van der Waals surface area contributed by atoms with E-state index in [9.17, 15) is 9.59 Å². The minimum absolute atomic E-state index is 0.00442. The van der Waals surface area contributed by atoms with Crippen LogP contribution in [0.15, 0.2) is 34.9 Å². The predicted octanol–water partition coefficient (Wildman–Crippen LogP) is 2.53. The average molecular weight is 378 g/mol. The third kappa shape index (κ3) is 3.75. The Kier molecular flexibility index (Phi) is 5.00. The van der Waals surface area contributed by atoms with E-state index in [0.29, 0.717) is 19.5 Å². The van der Waals surface area contributed by atoms with E-state index >= 15 is 0 Å². The van der Waals surface area contributed by atoms with Crippen LogP contribution in [0.2, 0.25) is 0 Å². The van der Waals surface area contributed by atoms with Gasteiger partial charge < -0.3 is 14.8 Å². The topological polar surface area (TPSA) is 54.3 Å². The highest BCUT2D eigenvalue weighted by atomic mass is 79.9. The van der Waals surface area contributed by atoms with Crippen LogP contribution in [0.25, 0.3) is 10.9 Å². The van der Waals surface area contributed by atoms with E-state index in [4.69, 9.17) is 0 Å². The summed E-state index contributed by atoms with van der Waals surface area (Å²) in [5.74, 6) is 0.232. The molecule has 1 aliphatic rings. The van der Waals surface area contributed by atoms with Gasteiger partial charge in [-0.25, -0.2) is 0 Å². The van der Waals surface area contributed by atoms with Gasteiger partial charge in [-0.1, -0.05) is 22.0 Å². The number of nitrogens with zero attached hydrogens (tertiary/aromatic N) is 2. The number of nitrogens with one attached hydrogen (secondary N) is 1. The summed E-state index contributed by atoms with van der Waals surface area (Å²) >= 11 is 3.52. The van der Waals surface area contributed by atoms with E-state index in [-0.39, 0.29) is 11.8 Å².